The predicted octanol–water partition coefficient (Wildman–Crippen LogP) is 0.0803. The molecule has 0 heterocycles. The fourth-order valence-corrected chi connectivity index (χ4v) is 1.93. The van der Waals surface area contributed by atoms with Gasteiger partial charge in [0.1, 0.15) is 6.10 Å². The molecule has 1 fully saturated rings. The Morgan fingerprint density at radius 2 is 2.25 bits per heavy atom. The number of aliphatic hydroxyl groups is 1. The van der Waals surface area contributed by atoms with E-state index in [1.807, 2.05) is 6.42 Å². The van der Waals surface area contributed by atoms with Gasteiger partial charge in [0.15, 0.2) is 0 Å². The minimum Gasteiger partial charge on any atom is -0.390 e. The molecule has 1 saturated carbocycles. The van der Waals surface area contributed by atoms with Crippen molar-refractivity contribution >= 4 is 10.1 Å². The second kappa shape index (κ2) is 3.72. The molecule has 4 nitrogen and oxygen atoms in total. The summed E-state index contributed by atoms with van der Waals surface area (Å²) in [6.07, 6.45) is 3.61. The summed E-state index contributed by atoms with van der Waals surface area (Å²) in [5.41, 5.74) is 0. The molecule has 1 aliphatic carbocycles. The molecule has 0 aromatic rings. The lowest BCUT2D eigenvalue weighted by molar-refractivity contribution is 0.0234. The number of aliphatic hydroxyl groups excluding tert-OH is 1. The third-order valence-corrected chi connectivity index (χ3v) is 2.39. The summed E-state index contributed by atoms with van der Waals surface area (Å²) in [5.74, 6) is 0. The number of rotatable bonds is 2. The first-order valence-corrected chi connectivity index (χ1v) is 5.68. The molecule has 0 aliphatic heterocycles. The zero-order valence-electron chi connectivity index (χ0n) is 6.93. The van der Waals surface area contributed by atoms with E-state index in [1.165, 1.54) is 0 Å². The standard InChI is InChI=1S/C7H13O4S/c1-12(9,10)11-7-5-3-2-4-6(7)8/h2,6-8H,3-5H2,1H3. The van der Waals surface area contributed by atoms with Crippen LogP contribution in [0, 0.1) is 6.42 Å². The van der Waals surface area contributed by atoms with E-state index in [4.69, 9.17) is 4.18 Å². The Bertz CT molecular complexity index is 234. The number of hydrogen-bond donors (Lipinski definition) is 1. The molecular weight excluding hydrogens is 180 g/mol. The van der Waals surface area contributed by atoms with Gasteiger partial charge in [-0.25, -0.2) is 0 Å². The maximum atomic E-state index is 10.7. The molecule has 1 radical (unpaired) electrons. The Labute approximate surface area is 72.7 Å². The van der Waals surface area contributed by atoms with Crippen molar-refractivity contribution in [2.75, 3.05) is 6.26 Å². The monoisotopic (exact) mass is 193 g/mol. The van der Waals surface area contributed by atoms with Gasteiger partial charge in [-0.15, -0.1) is 0 Å². The van der Waals surface area contributed by atoms with Crippen LogP contribution in [0.2, 0.25) is 0 Å². The van der Waals surface area contributed by atoms with Crippen molar-refractivity contribution < 1.29 is 17.7 Å². The van der Waals surface area contributed by atoms with E-state index in [2.05, 4.69) is 0 Å². The Morgan fingerprint density at radius 3 is 2.75 bits per heavy atom. The van der Waals surface area contributed by atoms with E-state index < -0.39 is 22.3 Å². The van der Waals surface area contributed by atoms with Crippen LogP contribution >= 0.6 is 0 Å². The van der Waals surface area contributed by atoms with E-state index in [9.17, 15) is 13.5 Å². The highest BCUT2D eigenvalue weighted by molar-refractivity contribution is 7.86. The first-order chi connectivity index (χ1) is 5.49. The van der Waals surface area contributed by atoms with E-state index in [1.54, 1.807) is 0 Å². The molecule has 71 valence electrons. The van der Waals surface area contributed by atoms with Crippen molar-refractivity contribution in [1.29, 1.82) is 0 Å². The van der Waals surface area contributed by atoms with Gasteiger partial charge in [-0.1, -0.05) is 0 Å². The zero-order valence-corrected chi connectivity index (χ0v) is 7.75. The summed E-state index contributed by atoms with van der Waals surface area (Å²) in [7, 11) is -3.43. The Hall–Kier alpha value is -0.130. The van der Waals surface area contributed by atoms with Gasteiger partial charge in [0.05, 0.1) is 12.4 Å². The van der Waals surface area contributed by atoms with Gasteiger partial charge in [0, 0.05) is 0 Å². The van der Waals surface area contributed by atoms with Gasteiger partial charge in [-0.3, -0.25) is 4.18 Å². The highest BCUT2D eigenvalue weighted by Gasteiger charge is 2.26. The van der Waals surface area contributed by atoms with Gasteiger partial charge in [0.25, 0.3) is 10.1 Å². The molecule has 12 heavy (non-hydrogen) atoms. The predicted molar refractivity (Wildman–Crippen MR) is 43.9 cm³/mol. The molecule has 0 aromatic carbocycles. The molecular formula is C7H13O4S. The highest BCUT2D eigenvalue weighted by Crippen LogP contribution is 2.21. The molecule has 1 N–H and O–H groups in total. The lowest BCUT2D eigenvalue weighted by Gasteiger charge is -2.25. The van der Waals surface area contributed by atoms with E-state index in [0.717, 1.165) is 12.7 Å². The topological polar surface area (TPSA) is 63.6 Å². The van der Waals surface area contributed by atoms with Crippen LogP contribution in [0.5, 0.6) is 0 Å². The van der Waals surface area contributed by atoms with E-state index in [-0.39, 0.29) is 0 Å². The van der Waals surface area contributed by atoms with Crippen LogP contribution in [0.4, 0.5) is 0 Å². The Balaban J connectivity index is 2.50. The second-order valence-corrected chi connectivity index (χ2v) is 4.61. The van der Waals surface area contributed by atoms with Crippen molar-refractivity contribution in [3.8, 4) is 0 Å². The van der Waals surface area contributed by atoms with E-state index in [0.29, 0.717) is 12.8 Å². The van der Waals surface area contributed by atoms with Gasteiger partial charge >= 0.3 is 0 Å². The summed E-state index contributed by atoms with van der Waals surface area (Å²) >= 11 is 0. The lowest BCUT2D eigenvalue weighted by Crippen LogP contribution is -2.34. The van der Waals surface area contributed by atoms with Crippen LogP contribution in [0.15, 0.2) is 0 Å². The smallest absolute Gasteiger partial charge is 0.264 e. The van der Waals surface area contributed by atoms with Gasteiger partial charge < -0.3 is 5.11 Å². The molecule has 0 aromatic heterocycles. The fraction of sp³-hybridized carbons (Fsp3) is 0.857. The SMILES string of the molecule is CS(=O)(=O)OC1CC[CH]CC1O. The summed E-state index contributed by atoms with van der Waals surface area (Å²) in [4.78, 5) is 0. The molecule has 2 atom stereocenters. The van der Waals surface area contributed by atoms with Gasteiger partial charge in [-0.05, 0) is 25.7 Å². The van der Waals surface area contributed by atoms with Crippen LogP contribution in [0.1, 0.15) is 19.3 Å². The maximum absolute atomic E-state index is 10.7. The van der Waals surface area contributed by atoms with Crippen LogP contribution in [0.3, 0.4) is 0 Å². The first kappa shape index (κ1) is 9.95. The van der Waals surface area contributed by atoms with Crippen LogP contribution < -0.4 is 0 Å². The van der Waals surface area contributed by atoms with Gasteiger partial charge in [-0.2, -0.15) is 8.42 Å². The first-order valence-electron chi connectivity index (χ1n) is 3.87. The Morgan fingerprint density at radius 1 is 1.58 bits per heavy atom. The largest absolute Gasteiger partial charge is 0.390 e. The average molecular weight is 193 g/mol. The van der Waals surface area contributed by atoms with Crippen LogP contribution in [-0.4, -0.2) is 32.0 Å². The van der Waals surface area contributed by atoms with Crippen LogP contribution in [0.25, 0.3) is 0 Å². The highest BCUT2D eigenvalue weighted by atomic mass is 32.2. The van der Waals surface area contributed by atoms with Gasteiger partial charge in [0.2, 0.25) is 0 Å². The normalized spacial score (nSPS) is 31.8. The third-order valence-electron chi connectivity index (χ3n) is 1.79. The quantitative estimate of drug-likeness (QED) is 0.631. The molecule has 0 saturated heterocycles. The maximum Gasteiger partial charge on any atom is 0.264 e. The third kappa shape index (κ3) is 3.08. The van der Waals surface area contributed by atoms with Crippen molar-refractivity contribution in [1.82, 2.24) is 0 Å². The average Bonchev–Trinajstić information content (AvgIpc) is 1.91. The van der Waals surface area contributed by atoms with Crippen molar-refractivity contribution in [2.45, 2.75) is 31.5 Å². The van der Waals surface area contributed by atoms with Crippen molar-refractivity contribution in [3.63, 3.8) is 0 Å². The number of hydrogen-bond acceptors (Lipinski definition) is 4. The molecule has 5 heteroatoms. The van der Waals surface area contributed by atoms with Crippen molar-refractivity contribution in [3.05, 3.63) is 6.42 Å². The fourth-order valence-electron chi connectivity index (χ4n) is 1.25. The molecule has 0 bridgehead atoms. The summed E-state index contributed by atoms with van der Waals surface area (Å²) in [6.45, 7) is 0. The summed E-state index contributed by atoms with van der Waals surface area (Å²) < 4.78 is 26.1. The molecule has 2 unspecified atom stereocenters. The minimum absolute atomic E-state index is 0.514. The van der Waals surface area contributed by atoms with Crippen LogP contribution in [-0.2, 0) is 14.3 Å². The molecule has 1 rings (SSSR count). The minimum atomic E-state index is -3.43. The molecule has 1 aliphatic rings. The van der Waals surface area contributed by atoms with Crippen molar-refractivity contribution in [2.24, 2.45) is 0 Å². The summed E-state index contributed by atoms with van der Waals surface area (Å²) in [5, 5.41) is 9.31. The van der Waals surface area contributed by atoms with E-state index >= 15 is 0 Å². The Kier molecular flexibility index (Phi) is 3.09. The lowest BCUT2D eigenvalue weighted by atomic mass is 9.95. The molecule has 0 spiro atoms. The summed E-state index contributed by atoms with van der Waals surface area (Å²) in [6, 6.07) is 0. The molecule has 0 amide bonds. The zero-order chi connectivity index (χ0) is 9.19. The second-order valence-electron chi connectivity index (χ2n) is 3.01.